The first-order valence-electron chi connectivity index (χ1n) is 7.89. The summed E-state index contributed by atoms with van der Waals surface area (Å²) in [4.78, 5) is 18.8. The molecule has 22 heavy (non-hydrogen) atoms. The summed E-state index contributed by atoms with van der Waals surface area (Å²) in [6.07, 6.45) is 6.76. The molecule has 4 heteroatoms. The topological polar surface area (TPSA) is 59.2 Å². The molecule has 1 aromatic heterocycles. The Bertz CT molecular complexity index is 599. The third-order valence-corrected chi connectivity index (χ3v) is 4.30. The second-order valence-electron chi connectivity index (χ2n) is 7.26. The van der Waals surface area contributed by atoms with Crippen LogP contribution in [0.2, 0.25) is 0 Å². The average molecular weight is 301 g/mol. The van der Waals surface area contributed by atoms with Crippen LogP contribution >= 0.6 is 0 Å². The van der Waals surface area contributed by atoms with Crippen molar-refractivity contribution in [1.29, 1.82) is 0 Å². The number of nitrogens with zero attached hydrogens (tertiary/aromatic N) is 2. The van der Waals surface area contributed by atoms with E-state index < -0.39 is 0 Å². The minimum atomic E-state index is -0.326. The normalized spacial score (nSPS) is 18.8. The third-order valence-electron chi connectivity index (χ3n) is 4.30. The number of carbonyl (C=O) groups is 1. The van der Waals surface area contributed by atoms with Gasteiger partial charge in [0.2, 0.25) is 5.91 Å². The summed E-state index contributed by atoms with van der Waals surface area (Å²) in [6.45, 7) is 7.95. The van der Waals surface area contributed by atoms with E-state index in [4.69, 9.17) is 5.73 Å². The number of nitrogen functional groups attached to an aromatic ring is 1. The standard InChI is InChI=1S/C18H27N3O/c1-12-10-14(19)11-20-16(12)13-6-8-15(9-7-13)21(5)17(22)18(2,3)4/h6,10-11,15H,7-9,19H2,1-5H3. The van der Waals surface area contributed by atoms with E-state index in [9.17, 15) is 4.79 Å². The highest BCUT2D eigenvalue weighted by Crippen LogP contribution is 2.31. The highest BCUT2D eigenvalue weighted by molar-refractivity contribution is 5.81. The van der Waals surface area contributed by atoms with Gasteiger partial charge in [0.15, 0.2) is 0 Å². The Morgan fingerprint density at radius 2 is 2.09 bits per heavy atom. The lowest BCUT2D eigenvalue weighted by Gasteiger charge is -2.35. The summed E-state index contributed by atoms with van der Waals surface area (Å²) in [5.74, 6) is 0.205. The molecule has 2 N–H and O–H groups in total. The van der Waals surface area contributed by atoms with E-state index in [1.165, 1.54) is 5.57 Å². The number of pyridine rings is 1. The SMILES string of the molecule is Cc1cc(N)cnc1C1=CCC(N(C)C(=O)C(C)(C)C)CC1. The summed E-state index contributed by atoms with van der Waals surface area (Å²) in [5.41, 5.74) is 9.56. The Hall–Kier alpha value is -1.84. The zero-order valence-corrected chi connectivity index (χ0v) is 14.3. The Kier molecular flexibility index (Phi) is 4.59. The largest absolute Gasteiger partial charge is 0.397 e. The molecule has 120 valence electrons. The number of hydrogen-bond acceptors (Lipinski definition) is 3. The maximum Gasteiger partial charge on any atom is 0.227 e. The molecule has 1 atom stereocenters. The highest BCUT2D eigenvalue weighted by atomic mass is 16.2. The summed E-state index contributed by atoms with van der Waals surface area (Å²) >= 11 is 0. The molecule has 1 amide bonds. The van der Waals surface area contributed by atoms with E-state index in [-0.39, 0.29) is 17.4 Å². The van der Waals surface area contributed by atoms with Crippen LogP contribution in [0.15, 0.2) is 18.3 Å². The van der Waals surface area contributed by atoms with Crippen molar-refractivity contribution in [2.75, 3.05) is 12.8 Å². The molecular formula is C18H27N3O. The molecule has 1 aliphatic carbocycles. The molecule has 0 spiro atoms. The van der Waals surface area contributed by atoms with Crippen LogP contribution in [0.25, 0.3) is 5.57 Å². The van der Waals surface area contributed by atoms with Gasteiger partial charge in [0.1, 0.15) is 0 Å². The smallest absolute Gasteiger partial charge is 0.227 e. The second-order valence-corrected chi connectivity index (χ2v) is 7.26. The monoisotopic (exact) mass is 301 g/mol. The molecule has 0 saturated heterocycles. The number of amides is 1. The van der Waals surface area contributed by atoms with Gasteiger partial charge in [-0.2, -0.15) is 0 Å². The minimum absolute atomic E-state index is 0.205. The molecule has 0 aliphatic heterocycles. The number of anilines is 1. The summed E-state index contributed by atoms with van der Waals surface area (Å²) in [5, 5.41) is 0. The lowest BCUT2D eigenvalue weighted by molar-refractivity contribution is -0.140. The van der Waals surface area contributed by atoms with Gasteiger partial charge >= 0.3 is 0 Å². The fourth-order valence-corrected chi connectivity index (χ4v) is 3.01. The van der Waals surface area contributed by atoms with Gasteiger partial charge in [0, 0.05) is 18.5 Å². The maximum absolute atomic E-state index is 12.4. The molecule has 1 aromatic rings. The van der Waals surface area contributed by atoms with Crippen molar-refractivity contribution < 1.29 is 4.79 Å². The minimum Gasteiger partial charge on any atom is -0.397 e. The second kappa shape index (κ2) is 6.11. The molecule has 0 radical (unpaired) electrons. The van der Waals surface area contributed by atoms with Crippen LogP contribution in [-0.2, 0) is 4.79 Å². The first kappa shape index (κ1) is 16.5. The van der Waals surface area contributed by atoms with E-state index >= 15 is 0 Å². The van der Waals surface area contributed by atoms with E-state index in [1.54, 1.807) is 6.20 Å². The summed E-state index contributed by atoms with van der Waals surface area (Å²) in [6, 6.07) is 2.24. The molecule has 0 aromatic carbocycles. The van der Waals surface area contributed by atoms with E-state index in [2.05, 4.69) is 11.1 Å². The van der Waals surface area contributed by atoms with Crippen LogP contribution in [0.1, 0.15) is 51.3 Å². The number of allylic oxidation sites excluding steroid dienone is 1. The van der Waals surface area contributed by atoms with Crippen molar-refractivity contribution in [2.24, 2.45) is 5.41 Å². The van der Waals surface area contributed by atoms with Gasteiger partial charge in [-0.3, -0.25) is 9.78 Å². The summed E-state index contributed by atoms with van der Waals surface area (Å²) < 4.78 is 0. The lowest BCUT2D eigenvalue weighted by atomic mass is 9.88. The Morgan fingerprint density at radius 3 is 2.59 bits per heavy atom. The van der Waals surface area contributed by atoms with E-state index in [0.717, 1.165) is 30.5 Å². The van der Waals surface area contributed by atoms with Crippen LogP contribution in [0, 0.1) is 12.3 Å². The van der Waals surface area contributed by atoms with Crippen LogP contribution in [0.5, 0.6) is 0 Å². The predicted molar refractivity (Wildman–Crippen MR) is 91.2 cm³/mol. The quantitative estimate of drug-likeness (QED) is 0.910. The van der Waals surface area contributed by atoms with Gasteiger partial charge in [-0.05, 0) is 43.4 Å². The van der Waals surface area contributed by atoms with Crippen molar-refractivity contribution in [3.8, 4) is 0 Å². The Labute approximate surface area is 133 Å². The molecule has 1 unspecified atom stereocenters. The molecule has 0 fully saturated rings. The summed E-state index contributed by atoms with van der Waals surface area (Å²) in [7, 11) is 1.92. The van der Waals surface area contributed by atoms with Crippen LogP contribution < -0.4 is 5.73 Å². The zero-order chi connectivity index (χ0) is 16.5. The number of carbonyl (C=O) groups excluding carboxylic acids is 1. The Balaban J connectivity index is 2.11. The van der Waals surface area contributed by atoms with Gasteiger partial charge in [-0.15, -0.1) is 0 Å². The van der Waals surface area contributed by atoms with Gasteiger partial charge in [-0.25, -0.2) is 0 Å². The van der Waals surface area contributed by atoms with Crippen molar-refractivity contribution in [3.05, 3.63) is 29.6 Å². The molecule has 0 saturated carbocycles. The van der Waals surface area contributed by atoms with Crippen LogP contribution in [0.4, 0.5) is 5.69 Å². The number of nitrogens with two attached hydrogens (primary N) is 1. The third kappa shape index (κ3) is 3.49. The molecule has 4 nitrogen and oxygen atoms in total. The van der Waals surface area contributed by atoms with Gasteiger partial charge < -0.3 is 10.6 Å². The predicted octanol–water partition coefficient (Wildman–Crippen LogP) is 3.41. The van der Waals surface area contributed by atoms with Gasteiger partial charge in [-0.1, -0.05) is 26.8 Å². The van der Waals surface area contributed by atoms with Crippen LogP contribution in [-0.4, -0.2) is 28.9 Å². The van der Waals surface area contributed by atoms with Crippen molar-refractivity contribution in [3.63, 3.8) is 0 Å². The highest BCUT2D eigenvalue weighted by Gasteiger charge is 2.30. The number of aryl methyl sites for hydroxylation is 1. The Morgan fingerprint density at radius 1 is 1.41 bits per heavy atom. The number of aromatic nitrogens is 1. The molecular weight excluding hydrogens is 274 g/mol. The van der Waals surface area contributed by atoms with Gasteiger partial charge in [0.05, 0.1) is 17.6 Å². The first-order valence-corrected chi connectivity index (χ1v) is 7.89. The van der Waals surface area contributed by atoms with E-state index in [1.807, 2.05) is 45.7 Å². The molecule has 1 aliphatic rings. The fraction of sp³-hybridized carbons (Fsp3) is 0.556. The van der Waals surface area contributed by atoms with Crippen molar-refractivity contribution >= 4 is 17.2 Å². The van der Waals surface area contributed by atoms with E-state index in [0.29, 0.717) is 5.69 Å². The maximum atomic E-state index is 12.4. The van der Waals surface area contributed by atoms with Gasteiger partial charge in [0.25, 0.3) is 0 Å². The van der Waals surface area contributed by atoms with Crippen LogP contribution in [0.3, 0.4) is 0 Å². The molecule has 1 heterocycles. The fourth-order valence-electron chi connectivity index (χ4n) is 3.01. The van der Waals surface area contributed by atoms with Crippen molar-refractivity contribution in [2.45, 2.75) is 53.0 Å². The molecule has 0 bridgehead atoms. The number of hydrogen-bond donors (Lipinski definition) is 1. The number of rotatable bonds is 2. The lowest BCUT2D eigenvalue weighted by Crippen LogP contribution is -2.43. The zero-order valence-electron chi connectivity index (χ0n) is 14.3. The molecule has 2 rings (SSSR count). The first-order chi connectivity index (χ1) is 10.2. The average Bonchev–Trinajstić information content (AvgIpc) is 2.45. The van der Waals surface area contributed by atoms with Crippen molar-refractivity contribution in [1.82, 2.24) is 9.88 Å².